The van der Waals surface area contributed by atoms with Gasteiger partial charge < -0.3 is 14.4 Å². The largest absolute Gasteiger partial charge is 0.486 e. The minimum Gasteiger partial charge on any atom is -0.486 e. The van der Waals surface area contributed by atoms with Crippen LogP contribution >= 0.6 is 0 Å². The molecule has 0 radical (unpaired) electrons. The summed E-state index contributed by atoms with van der Waals surface area (Å²) >= 11 is 0. The molecule has 33 heavy (non-hydrogen) atoms. The number of piperidine rings is 1. The minimum atomic E-state index is -3.56. The monoisotopic (exact) mass is 472 g/mol. The summed E-state index contributed by atoms with van der Waals surface area (Å²) in [4.78, 5) is 15.4. The summed E-state index contributed by atoms with van der Waals surface area (Å²) in [5.41, 5.74) is 2.95. The molecule has 0 saturated carbocycles. The van der Waals surface area contributed by atoms with Crippen molar-refractivity contribution in [3.63, 3.8) is 0 Å². The lowest BCUT2D eigenvalue weighted by Gasteiger charge is -2.34. The lowest BCUT2D eigenvalue weighted by Crippen LogP contribution is -2.44. The van der Waals surface area contributed by atoms with Gasteiger partial charge in [-0.1, -0.05) is 18.2 Å². The standard InChI is InChI=1S/C25H32N2O5S/c1-4-26(17-21-6-5-7-23-24(21)32-15-14-31-23)25(28)20-10-12-27(13-11-20)33(29,30)22-9-8-18(2)19(3)16-22/h5-9,16,20H,4,10-15,17H2,1-3H3. The summed E-state index contributed by atoms with van der Waals surface area (Å²) in [7, 11) is -3.56. The van der Waals surface area contributed by atoms with E-state index in [1.165, 1.54) is 4.31 Å². The van der Waals surface area contributed by atoms with Crippen LogP contribution in [0.2, 0.25) is 0 Å². The van der Waals surface area contributed by atoms with E-state index in [4.69, 9.17) is 9.47 Å². The first kappa shape index (κ1) is 23.6. The molecule has 2 aromatic carbocycles. The average molecular weight is 473 g/mol. The summed E-state index contributed by atoms with van der Waals surface area (Å²) in [6, 6.07) is 11.0. The SMILES string of the molecule is CCN(Cc1cccc2c1OCCO2)C(=O)C1CCN(S(=O)(=O)c2ccc(C)c(C)c2)CC1. The minimum absolute atomic E-state index is 0.0649. The first-order valence-corrected chi connectivity index (χ1v) is 13.0. The predicted molar refractivity (Wildman–Crippen MR) is 126 cm³/mol. The number of benzene rings is 2. The topological polar surface area (TPSA) is 76.2 Å². The van der Waals surface area contributed by atoms with Crippen molar-refractivity contribution in [3.05, 3.63) is 53.1 Å². The van der Waals surface area contributed by atoms with Crippen molar-refractivity contribution in [2.75, 3.05) is 32.8 Å². The van der Waals surface area contributed by atoms with Gasteiger partial charge in [-0.3, -0.25) is 4.79 Å². The number of hydrogen-bond donors (Lipinski definition) is 0. The highest BCUT2D eigenvalue weighted by Gasteiger charge is 2.34. The molecule has 2 heterocycles. The van der Waals surface area contributed by atoms with Crippen LogP contribution in [0.4, 0.5) is 0 Å². The Morgan fingerprint density at radius 2 is 1.79 bits per heavy atom. The lowest BCUT2D eigenvalue weighted by atomic mass is 9.96. The number of sulfonamides is 1. The van der Waals surface area contributed by atoms with Gasteiger partial charge in [-0.2, -0.15) is 4.31 Å². The number of aryl methyl sites for hydroxylation is 2. The molecular weight excluding hydrogens is 440 g/mol. The summed E-state index contributed by atoms with van der Waals surface area (Å²) < 4.78 is 39.2. The Hall–Kier alpha value is -2.58. The van der Waals surface area contributed by atoms with Crippen molar-refractivity contribution in [1.29, 1.82) is 0 Å². The number of nitrogens with zero attached hydrogens (tertiary/aromatic N) is 2. The molecule has 1 fully saturated rings. The molecule has 0 bridgehead atoms. The molecule has 8 heteroatoms. The molecule has 0 aromatic heterocycles. The molecule has 0 unspecified atom stereocenters. The molecule has 2 aliphatic heterocycles. The van der Waals surface area contributed by atoms with Gasteiger partial charge in [0.2, 0.25) is 15.9 Å². The number of amides is 1. The van der Waals surface area contributed by atoms with Gasteiger partial charge in [0.25, 0.3) is 0 Å². The van der Waals surface area contributed by atoms with E-state index in [0.29, 0.717) is 68.6 Å². The highest BCUT2D eigenvalue weighted by Crippen LogP contribution is 2.35. The number of carbonyl (C=O) groups is 1. The van der Waals surface area contributed by atoms with Crippen LogP contribution in [0.15, 0.2) is 41.3 Å². The van der Waals surface area contributed by atoms with Crippen LogP contribution in [0, 0.1) is 19.8 Å². The smallest absolute Gasteiger partial charge is 0.243 e. The summed E-state index contributed by atoms with van der Waals surface area (Å²) in [5.74, 6) is 1.30. The fourth-order valence-corrected chi connectivity index (χ4v) is 5.99. The van der Waals surface area contributed by atoms with E-state index in [1.54, 1.807) is 12.1 Å². The van der Waals surface area contributed by atoms with Crippen molar-refractivity contribution < 1.29 is 22.7 Å². The Morgan fingerprint density at radius 1 is 1.06 bits per heavy atom. The molecule has 2 aromatic rings. The van der Waals surface area contributed by atoms with E-state index in [-0.39, 0.29) is 11.8 Å². The van der Waals surface area contributed by atoms with Crippen LogP contribution in [0.5, 0.6) is 11.5 Å². The van der Waals surface area contributed by atoms with Gasteiger partial charge in [-0.15, -0.1) is 0 Å². The van der Waals surface area contributed by atoms with Crippen molar-refractivity contribution in [2.45, 2.75) is 45.1 Å². The molecule has 2 aliphatic rings. The molecule has 4 rings (SSSR count). The Bertz CT molecular complexity index is 1120. The van der Waals surface area contributed by atoms with E-state index in [2.05, 4.69) is 0 Å². The molecule has 0 aliphatic carbocycles. The van der Waals surface area contributed by atoms with Gasteiger partial charge in [-0.25, -0.2) is 8.42 Å². The van der Waals surface area contributed by atoms with Gasteiger partial charge in [0, 0.05) is 37.7 Å². The first-order chi connectivity index (χ1) is 15.8. The number of fused-ring (bicyclic) bond motifs is 1. The second-order valence-electron chi connectivity index (χ2n) is 8.72. The van der Waals surface area contributed by atoms with Crippen LogP contribution in [-0.4, -0.2) is 56.4 Å². The third kappa shape index (κ3) is 4.87. The normalized spacial score (nSPS) is 17.1. The second kappa shape index (κ2) is 9.73. The maximum atomic E-state index is 13.3. The Kier molecular flexibility index (Phi) is 6.95. The third-order valence-corrected chi connectivity index (χ3v) is 8.52. The molecular formula is C25H32N2O5S. The summed E-state index contributed by atoms with van der Waals surface area (Å²) in [5, 5.41) is 0. The number of ether oxygens (including phenoxy) is 2. The average Bonchev–Trinajstić information content (AvgIpc) is 2.84. The van der Waals surface area contributed by atoms with E-state index in [0.717, 1.165) is 16.7 Å². The zero-order chi connectivity index (χ0) is 23.6. The highest BCUT2D eigenvalue weighted by molar-refractivity contribution is 7.89. The molecule has 0 atom stereocenters. The van der Waals surface area contributed by atoms with Crippen molar-refractivity contribution in [1.82, 2.24) is 9.21 Å². The van der Waals surface area contributed by atoms with Gasteiger partial charge in [0.15, 0.2) is 11.5 Å². The maximum Gasteiger partial charge on any atom is 0.243 e. The molecule has 178 valence electrons. The molecule has 1 amide bonds. The number of hydrogen-bond acceptors (Lipinski definition) is 5. The number of para-hydroxylation sites is 1. The van der Waals surface area contributed by atoms with Crippen molar-refractivity contribution >= 4 is 15.9 Å². The van der Waals surface area contributed by atoms with Crippen LogP contribution in [0.3, 0.4) is 0 Å². The second-order valence-corrected chi connectivity index (χ2v) is 10.7. The number of rotatable bonds is 6. The maximum absolute atomic E-state index is 13.3. The Labute approximate surface area is 196 Å². The molecule has 0 N–H and O–H groups in total. The predicted octanol–water partition coefficient (Wildman–Crippen LogP) is 3.52. The van der Waals surface area contributed by atoms with Gasteiger partial charge in [0.1, 0.15) is 13.2 Å². The summed E-state index contributed by atoms with van der Waals surface area (Å²) in [6.07, 6.45) is 1.04. The van der Waals surface area contributed by atoms with Crippen LogP contribution in [0.1, 0.15) is 36.5 Å². The molecule has 7 nitrogen and oxygen atoms in total. The van der Waals surface area contributed by atoms with E-state index < -0.39 is 10.0 Å². The fraction of sp³-hybridized carbons (Fsp3) is 0.480. The quantitative estimate of drug-likeness (QED) is 0.643. The van der Waals surface area contributed by atoms with E-state index in [1.807, 2.05) is 49.9 Å². The van der Waals surface area contributed by atoms with Gasteiger partial charge in [0.05, 0.1) is 4.90 Å². The van der Waals surface area contributed by atoms with Crippen molar-refractivity contribution in [2.24, 2.45) is 5.92 Å². The summed E-state index contributed by atoms with van der Waals surface area (Å²) in [6.45, 7) is 8.58. The zero-order valence-electron chi connectivity index (χ0n) is 19.5. The van der Waals surface area contributed by atoms with Gasteiger partial charge in [-0.05, 0) is 62.9 Å². The fourth-order valence-electron chi connectivity index (χ4n) is 4.43. The molecule has 1 saturated heterocycles. The van der Waals surface area contributed by atoms with E-state index >= 15 is 0 Å². The van der Waals surface area contributed by atoms with E-state index in [9.17, 15) is 13.2 Å². The number of carbonyl (C=O) groups excluding carboxylic acids is 1. The third-order valence-electron chi connectivity index (χ3n) is 6.62. The molecule has 0 spiro atoms. The van der Waals surface area contributed by atoms with Crippen LogP contribution in [-0.2, 0) is 21.4 Å². The van der Waals surface area contributed by atoms with Gasteiger partial charge >= 0.3 is 0 Å². The Morgan fingerprint density at radius 3 is 2.48 bits per heavy atom. The van der Waals surface area contributed by atoms with Crippen molar-refractivity contribution in [3.8, 4) is 11.5 Å². The zero-order valence-corrected chi connectivity index (χ0v) is 20.4. The lowest BCUT2D eigenvalue weighted by molar-refractivity contribution is -0.137. The first-order valence-electron chi connectivity index (χ1n) is 11.5. The van der Waals surface area contributed by atoms with Crippen LogP contribution in [0.25, 0.3) is 0 Å². The highest BCUT2D eigenvalue weighted by atomic mass is 32.2. The Balaban J connectivity index is 1.41. The van der Waals surface area contributed by atoms with Crippen LogP contribution < -0.4 is 9.47 Å².